The first kappa shape index (κ1) is 16.7. The van der Waals surface area contributed by atoms with E-state index < -0.39 is 5.97 Å². The predicted octanol–water partition coefficient (Wildman–Crippen LogP) is 2.24. The lowest BCUT2D eigenvalue weighted by Crippen LogP contribution is -2.14. The van der Waals surface area contributed by atoms with Crippen molar-refractivity contribution in [3.63, 3.8) is 0 Å². The van der Waals surface area contributed by atoms with Crippen LogP contribution in [-0.2, 0) is 22.6 Å². The Labute approximate surface area is 152 Å². The fraction of sp³-hybridized carbons (Fsp3) is 0.167. The molecule has 0 aliphatic rings. The number of aryl methyl sites for hydroxylation is 1. The van der Waals surface area contributed by atoms with E-state index in [1.807, 2.05) is 0 Å². The number of carbonyl (C=O) groups excluding carboxylic acids is 1. The van der Waals surface area contributed by atoms with E-state index in [2.05, 4.69) is 20.2 Å². The van der Waals surface area contributed by atoms with E-state index in [0.29, 0.717) is 22.5 Å². The third-order valence-corrected chi connectivity index (χ3v) is 3.78. The van der Waals surface area contributed by atoms with Crippen LogP contribution in [0.15, 0.2) is 56.3 Å². The van der Waals surface area contributed by atoms with Gasteiger partial charge in [-0.05, 0) is 24.3 Å². The van der Waals surface area contributed by atoms with Crippen LogP contribution < -0.4 is 5.56 Å². The number of nitrogens with zero attached hydrogens (tertiary/aromatic N) is 3. The van der Waals surface area contributed by atoms with Gasteiger partial charge in [0.1, 0.15) is 5.82 Å². The first-order valence-corrected chi connectivity index (χ1v) is 8.19. The molecule has 0 fully saturated rings. The minimum Gasteiger partial charge on any atom is -0.459 e. The van der Waals surface area contributed by atoms with Gasteiger partial charge in [0.15, 0.2) is 12.4 Å². The van der Waals surface area contributed by atoms with Gasteiger partial charge in [-0.25, -0.2) is 4.98 Å². The van der Waals surface area contributed by atoms with E-state index in [9.17, 15) is 9.59 Å². The number of benzene rings is 1. The number of ether oxygens (including phenoxy) is 1. The molecule has 1 aromatic carbocycles. The summed E-state index contributed by atoms with van der Waals surface area (Å²) in [6.45, 7) is -0.145. The van der Waals surface area contributed by atoms with Crippen LogP contribution in [0.1, 0.15) is 18.1 Å². The van der Waals surface area contributed by atoms with Crippen molar-refractivity contribution in [2.45, 2.75) is 19.4 Å². The van der Waals surface area contributed by atoms with Crippen LogP contribution in [-0.4, -0.2) is 26.1 Å². The van der Waals surface area contributed by atoms with Crippen LogP contribution in [0.4, 0.5) is 0 Å². The first-order valence-electron chi connectivity index (χ1n) is 8.19. The molecular formula is C18H14N4O5. The molecule has 0 amide bonds. The van der Waals surface area contributed by atoms with Crippen LogP contribution >= 0.6 is 0 Å². The van der Waals surface area contributed by atoms with Crippen LogP contribution in [0.2, 0.25) is 0 Å². The lowest BCUT2D eigenvalue weighted by molar-refractivity contribution is -0.145. The summed E-state index contributed by atoms with van der Waals surface area (Å²) < 4.78 is 15.6. The van der Waals surface area contributed by atoms with E-state index in [4.69, 9.17) is 13.6 Å². The van der Waals surface area contributed by atoms with Crippen LogP contribution in [0.3, 0.4) is 0 Å². The van der Waals surface area contributed by atoms with Gasteiger partial charge in [-0.15, -0.1) is 10.2 Å². The Bertz CT molecular complexity index is 1130. The third kappa shape index (κ3) is 3.76. The Balaban J connectivity index is 1.33. The van der Waals surface area contributed by atoms with Gasteiger partial charge in [-0.2, -0.15) is 0 Å². The number of aromatic nitrogens is 4. The monoisotopic (exact) mass is 366 g/mol. The molecule has 3 aromatic heterocycles. The van der Waals surface area contributed by atoms with Crippen molar-refractivity contribution in [2.24, 2.45) is 0 Å². The maximum Gasteiger partial charge on any atom is 0.306 e. The zero-order chi connectivity index (χ0) is 18.6. The van der Waals surface area contributed by atoms with Gasteiger partial charge in [0.25, 0.3) is 17.3 Å². The van der Waals surface area contributed by atoms with Gasteiger partial charge < -0.3 is 18.6 Å². The Morgan fingerprint density at radius 1 is 1.15 bits per heavy atom. The summed E-state index contributed by atoms with van der Waals surface area (Å²) in [5, 5.41) is 8.12. The van der Waals surface area contributed by atoms with Gasteiger partial charge in [-0.1, -0.05) is 12.1 Å². The number of nitrogens with one attached hydrogen (secondary N) is 1. The second kappa shape index (κ2) is 7.24. The maximum atomic E-state index is 12.0. The number of esters is 1. The minimum atomic E-state index is -0.469. The number of furan rings is 1. The maximum absolute atomic E-state index is 12.0. The van der Waals surface area contributed by atoms with Gasteiger partial charge in [-0.3, -0.25) is 9.59 Å². The summed E-state index contributed by atoms with van der Waals surface area (Å²) in [4.78, 5) is 30.9. The SMILES string of the molecule is O=C(CCc1nc2ccccc2c(=O)[nH]1)OCc1nnc(-c2ccco2)o1. The highest BCUT2D eigenvalue weighted by Crippen LogP contribution is 2.18. The largest absolute Gasteiger partial charge is 0.459 e. The van der Waals surface area contributed by atoms with Crippen molar-refractivity contribution < 1.29 is 18.4 Å². The van der Waals surface area contributed by atoms with Crippen molar-refractivity contribution in [3.8, 4) is 11.7 Å². The first-order chi connectivity index (χ1) is 13.2. The Hall–Kier alpha value is -3.75. The summed E-state index contributed by atoms with van der Waals surface area (Å²) in [7, 11) is 0. The van der Waals surface area contributed by atoms with Crippen molar-refractivity contribution in [2.75, 3.05) is 0 Å². The van der Waals surface area contributed by atoms with Crippen LogP contribution in [0.25, 0.3) is 22.6 Å². The molecule has 4 aromatic rings. The molecule has 0 atom stereocenters. The second-order valence-electron chi connectivity index (χ2n) is 5.67. The summed E-state index contributed by atoms with van der Waals surface area (Å²) in [5.74, 6) is 0.763. The summed E-state index contributed by atoms with van der Waals surface area (Å²) in [5.41, 5.74) is 0.348. The average molecular weight is 366 g/mol. The molecule has 0 bridgehead atoms. The number of aromatic amines is 1. The number of carbonyl (C=O) groups is 1. The van der Waals surface area contributed by atoms with E-state index in [1.165, 1.54) is 6.26 Å². The molecule has 0 aliphatic carbocycles. The number of para-hydroxylation sites is 1. The molecule has 1 N–H and O–H groups in total. The standard InChI is InChI=1S/C18H14N4O5/c23-16(26-10-15-21-22-18(27-15)13-6-3-9-25-13)8-7-14-19-12-5-2-1-4-11(12)17(24)20-14/h1-6,9H,7-8,10H2,(H,19,20,24). The van der Waals surface area contributed by atoms with E-state index in [0.717, 1.165) is 0 Å². The number of hydrogen-bond donors (Lipinski definition) is 1. The summed E-state index contributed by atoms with van der Waals surface area (Å²) >= 11 is 0. The molecule has 27 heavy (non-hydrogen) atoms. The molecule has 0 unspecified atom stereocenters. The molecule has 3 heterocycles. The molecule has 0 saturated heterocycles. The Morgan fingerprint density at radius 2 is 2.04 bits per heavy atom. The number of fused-ring (bicyclic) bond motifs is 1. The normalized spacial score (nSPS) is 11.0. The average Bonchev–Trinajstić information content (AvgIpc) is 3.36. The zero-order valence-corrected chi connectivity index (χ0v) is 14.0. The molecule has 0 saturated carbocycles. The van der Waals surface area contributed by atoms with Crippen molar-refractivity contribution in [1.29, 1.82) is 0 Å². The number of H-pyrrole nitrogens is 1. The lowest BCUT2D eigenvalue weighted by atomic mass is 10.2. The third-order valence-electron chi connectivity index (χ3n) is 3.78. The van der Waals surface area contributed by atoms with Crippen molar-refractivity contribution in [3.05, 3.63) is 64.7 Å². The molecule has 9 nitrogen and oxygen atoms in total. The van der Waals surface area contributed by atoms with Gasteiger partial charge >= 0.3 is 5.97 Å². The zero-order valence-electron chi connectivity index (χ0n) is 14.0. The smallest absolute Gasteiger partial charge is 0.306 e. The highest BCUT2D eigenvalue weighted by atomic mass is 16.5. The van der Waals surface area contributed by atoms with Crippen molar-refractivity contribution in [1.82, 2.24) is 20.2 Å². The fourth-order valence-electron chi connectivity index (χ4n) is 2.50. The summed E-state index contributed by atoms with van der Waals surface area (Å²) in [6.07, 6.45) is 1.80. The summed E-state index contributed by atoms with van der Waals surface area (Å²) in [6, 6.07) is 10.4. The molecule has 0 radical (unpaired) electrons. The molecule has 9 heteroatoms. The molecule has 0 aliphatic heterocycles. The molecular weight excluding hydrogens is 352 g/mol. The van der Waals surface area contributed by atoms with Gasteiger partial charge in [0.05, 0.1) is 23.6 Å². The van der Waals surface area contributed by atoms with E-state index in [-0.39, 0.29) is 36.8 Å². The van der Waals surface area contributed by atoms with Crippen LogP contribution in [0, 0.1) is 0 Å². The molecule has 136 valence electrons. The lowest BCUT2D eigenvalue weighted by Gasteiger charge is -2.03. The van der Waals surface area contributed by atoms with Crippen LogP contribution in [0.5, 0.6) is 0 Å². The van der Waals surface area contributed by atoms with Crippen molar-refractivity contribution >= 4 is 16.9 Å². The Kier molecular flexibility index (Phi) is 4.48. The molecule has 0 spiro atoms. The highest BCUT2D eigenvalue weighted by Gasteiger charge is 2.13. The van der Waals surface area contributed by atoms with Gasteiger partial charge in [0.2, 0.25) is 0 Å². The topological polar surface area (TPSA) is 124 Å². The quantitative estimate of drug-likeness (QED) is 0.515. The number of rotatable bonds is 6. The fourth-order valence-corrected chi connectivity index (χ4v) is 2.50. The predicted molar refractivity (Wildman–Crippen MR) is 92.5 cm³/mol. The van der Waals surface area contributed by atoms with Gasteiger partial charge in [0, 0.05) is 6.42 Å². The van der Waals surface area contributed by atoms with E-state index >= 15 is 0 Å². The second-order valence-corrected chi connectivity index (χ2v) is 5.67. The van der Waals surface area contributed by atoms with E-state index in [1.54, 1.807) is 36.4 Å². The highest BCUT2D eigenvalue weighted by molar-refractivity contribution is 5.77. The Morgan fingerprint density at radius 3 is 2.89 bits per heavy atom. The molecule has 4 rings (SSSR count). The minimum absolute atomic E-state index is 0.0560. The number of hydrogen-bond acceptors (Lipinski definition) is 8.